The van der Waals surface area contributed by atoms with Gasteiger partial charge < -0.3 is 15.2 Å². The summed E-state index contributed by atoms with van der Waals surface area (Å²) in [6.07, 6.45) is 0. The molecule has 0 radical (unpaired) electrons. The predicted molar refractivity (Wildman–Crippen MR) is 66.2 cm³/mol. The van der Waals surface area contributed by atoms with Gasteiger partial charge in [-0.3, -0.25) is 0 Å². The van der Waals surface area contributed by atoms with Crippen LogP contribution in [0, 0.1) is 5.92 Å². The Bertz CT molecular complexity index is 316. The lowest BCUT2D eigenvalue weighted by atomic mass is 9.89. The maximum absolute atomic E-state index is 5.69. The van der Waals surface area contributed by atoms with E-state index in [1.165, 1.54) is 5.56 Å². The fraction of sp³-hybridized carbons (Fsp3) is 0.538. The average Bonchev–Trinajstić information content (AvgIpc) is 2.35. The molecule has 3 nitrogen and oxygen atoms in total. The van der Waals surface area contributed by atoms with Crippen molar-refractivity contribution in [1.29, 1.82) is 0 Å². The number of nitrogens with two attached hydrogens (primary N) is 1. The smallest absolute Gasteiger partial charge is 0.122 e. The summed E-state index contributed by atoms with van der Waals surface area (Å²) in [7, 11) is 3.32. The standard InChI is InChI=1S/C13H21NO2/c1-9(8-14)10(2)11-5-12(15-3)7-13(6-11)16-4/h5-7,9-10H,8,14H2,1-4H3. The van der Waals surface area contributed by atoms with E-state index in [-0.39, 0.29) is 0 Å². The van der Waals surface area contributed by atoms with Crippen molar-refractivity contribution in [2.24, 2.45) is 11.7 Å². The van der Waals surface area contributed by atoms with Crippen LogP contribution >= 0.6 is 0 Å². The number of methoxy groups -OCH3 is 2. The molecule has 0 aliphatic carbocycles. The Morgan fingerprint density at radius 3 is 1.94 bits per heavy atom. The van der Waals surface area contributed by atoms with E-state index in [0.29, 0.717) is 18.4 Å². The van der Waals surface area contributed by atoms with Gasteiger partial charge in [-0.05, 0) is 36.1 Å². The van der Waals surface area contributed by atoms with Crippen LogP contribution in [-0.4, -0.2) is 20.8 Å². The van der Waals surface area contributed by atoms with Crippen LogP contribution in [0.1, 0.15) is 25.3 Å². The molecule has 0 bridgehead atoms. The molecule has 0 saturated heterocycles. The lowest BCUT2D eigenvalue weighted by molar-refractivity contribution is 0.391. The van der Waals surface area contributed by atoms with E-state index in [1.54, 1.807) is 14.2 Å². The van der Waals surface area contributed by atoms with Crippen molar-refractivity contribution in [3.8, 4) is 11.5 Å². The van der Waals surface area contributed by atoms with E-state index in [9.17, 15) is 0 Å². The van der Waals surface area contributed by atoms with Crippen molar-refractivity contribution in [3.05, 3.63) is 23.8 Å². The normalized spacial score (nSPS) is 14.3. The molecule has 1 rings (SSSR count). The molecule has 0 saturated carbocycles. The van der Waals surface area contributed by atoms with E-state index in [0.717, 1.165) is 11.5 Å². The zero-order valence-corrected chi connectivity index (χ0v) is 10.5. The van der Waals surface area contributed by atoms with Crippen LogP contribution in [-0.2, 0) is 0 Å². The SMILES string of the molecule is COc1cc(OC)cc(C(C)C(C)CN)c1. The summed E-state index contributed by atoms with van der Waals surface area (Å²) in [5, 5.41) is 0. The minimum Gasteiger partial charge on any atom is -0.497 e. The Labute approximate surface area is 97.6 Å². The first-order chi connectivity index (χ1) is 7.62. The topological polar surface area (TPSA) is 44.5 Å². The number of benzene rings is 1. The van der Waals surface area contributed by atoms with Gasteiger partial charge in [0.1, 0.15) is 11.5 Å². The first-order valence-electron chi connectivity index (χ1n) is 5.55. The van der Waals surface area contributed by atoms with Gasteiger partial charge in [-0.2, -0.15) is 0 Å². The third-order valence-electron chi connectivity index (χ3n) is 3.12. The second-order valence-corrected chi connectivity index (χ2v) is 4.15. The minimum absolute atomic E-state index is 0.397. The van der Waals surface area contributed by atoms with Gasteiger partial charge in [0.15, 0.2) is 0 Å². The number of hydrogen-bond acceptors (Lipinski definition) is 3. The lowest BCUT2D eigenvalue weighted by Crippen LogP contribution is -2.17. The molecule has 0 spiro atoms. The van der Waals surface area contributed by atoms with Gasteiger partial charge >= 0.3 is 0 Å². The van der Waals surface area contributed by atoms with Gasteiger partial charge in [0.05, 0.1) is 14.2 Å². The highest BCUT2D eigenvalue weighted by molar-refractivity contribution is 5.40. The van der Waals surface area contributed by atoms with E-state index in [1.807, 2.05) is 18.2 Å². The van der Waals surface area contributed by atoms with Crippen molar-refractivity contribution >= 4 is 0 Å². The van der Waals surface area contributed by atoms with Crippen LogP contribution in [0.2, 0.25) is 0 Å². The second-order valence-electron chi connectivity index (χ2n) is 4.15. The molecule has 3 heteroatoms. The van der Waals surface area contributed by atoms with Gasteiger partial charge in [-0.1, -0.05) is 13.8 Å². The Kier molecular flexibility index (Phi) is 4.62. The largest absolute Gasteiger partial charge is 0.497 e. The molecule has 0 heterocycles. The molecule has 0 amide bonds. The maximum atomic E-state index is 5.69. The quantitative estimate of drug-likeness (QED) is 0.833. The monoisotopic (exact) mass is 223 g/mol. The fourth-order valence-corrected chi connectivity index (χ4v) is 1.62. The molecule has 2 N–H and O–H groups in total. The van der Waals surface area contributed by atoms with Gasteiger partial charge in [-0.25, -0.2) is 0 Å². The molecule has 1 aromatic rings. The molecule has 0 aromatic heterocycles. The third-order valence-corrected chi connectivity index (χ3v) is 3.12. The summed E-state index contributed by atoms with van der Waals surface area (Å²) in [5.74, 6) is 2.49. The molecule has 0 aliphatic rings. The van der Waals surface area contributed by atoms with Crippen molar-refractivity contribution in [2.45, 2.75) is 19.8 Å². The Morgan fingerprint density at radius 1 is 1.06 bits per heavy atom. The summed E-state index contributed by atoms with van der Waals surface area (Å²) in [6, 6.07) is 5.96. The van der Waals surface area contributed by atoms with Crippen molar-refractivity contribution in [2.75, 3.05) is 20.8 Å². The van der Waals surface area contributed by atoms with Crippen molar-refractivity contribution < 1.29 is 9.47 Å². The second kappa shape index (κ2) is 5.75. The number of rotatable bonds is 5. The number of ether oxygens (including phenoxy) is 2. The molecule has 0 aliphatic heterocycles. The van der Waals surface area contributed by atoms with Gasteiger partial charge in [0.25, 0.3) is 0 Å². The zero-order chi connectivity index (χ0) is 12.1. The molecule has 1 aromatic carbocycles. The van der Waals surface area contributed by atoms with E-state index >= 15 is 0 Å². The van der Waals surface area contributed by atoms with Crippen LogP contribution in [0.5, 0.6) is 11.5 Å². The molecule has 2 unspecified atom stereocenters. The van der Waals surface area contributed by atoms with Crippen LogP contribution < -0.4 is 15.2 Å². The summed E-state index contributed by atoms with van der Waals surface area (Å²) in [6.45, 7) is 5.00. The molecule has 90 valence electrons. The number of hydrogen-bond donors (Lipinski definition) is 1. The summed E-state index contributed by atoms with van der Waals surface area (Å²) in [4.78, 5) is 0. The first kappa shape index (κ1) is 12.8. The van der Waals surface area contributed by atoms with Crippen molar-refractivity contribution in [1.82, 2.24) is 0 Å². The molecule has 0 fully saturated rings. The van der Waals surface area contributed by atoms with Crippen LogP contribution in [0.25, 0.3) is 0 Å². The predicted octanol–water partition coefficient (Wildman–Crippen LogP) is 2.40. The highest BCUT2D eigenvalue weighted by atomic mass is 16.5. The molecule has 2 atom stereocenters. The Hall–Kier alpha value is -1.22. The highest BCUT2D eigenvalue weighted by Crippen LogP contribution is 2.30. The highest BCUT2D eigenvalue weighted by Gasteiger charge is 2.14. The summed E-state index contributed by atoms with van der Waals surface area (Å²) in [5.41, 5.74) is 6.89. The minimum atomic E-state index is 0.397. The zero-order valence-electron chi connectivity index (χ0n) is 10.5. The summed E-state index contributed by atoms with van der Waals surface area (Å²) >= 11 is 0. The van der Waals surface area contributed by atoms with Crippen molar-refractivity contribution in [3.63, 3.8) is 0 Å². The van der Waals surface area contributed by atoms with Crippen LogP contribution in [0.4, 0.5) is 0 Å². The van der Waals surface area contributed by atoms with Gasteiger partial charge in [0, 0.05) is 6.07 Å². The fourth-order valence-electron chi connectivity index (χ4n) is 1.62. The average molecular weight is 223 g/mol. The molecular formula is C13H21NO2. The first-order valence-corrected chi connectivity index (χ1v) is 5.55. The van der Waals surface area contributed by atoms with Gasteiger partial charge in [-0.15, -0.1) is 0 Å². The maximum Gasteiger partial charge on any atom is 0.122 e. The Balaban J connectivity index is 3.02. The van der Waals surface area contributed by atoms with E-state index < -0.39 is 0 Å². The molecule has 16 heavy (non-hydrogen) atoms. The van der Waals surface area contributed by atoms with Crippen LogP contribution in [0.3, 0.4) is 0 Å². The lowest BCUT2D eigenvalue weighted by Gasteiger charge is -2.19. The third kappa shape index (κ3) is 2.89. The van der Waals surface area contributed by atoms with E-state index in [2.05, 4.69) is 13.8 Å². The Morgan fingerprint density at radius 2 is 1.56 bits per heavy atom. The van der Waals surface area contributed by atoms with Gasteiger partial charge in [0.2, 0.25) is 0 Å². The van der Waals surface area contributed by atoms with Crippen LogP contribution in [0.15, 0.2) is 18.2 Å². The van der Waals surface area contributed by atoms with E-state index in [4.69, 9.17) is 15.2 Å². The molecular weight excluding hydrogens is 202 g/mol. The summed E-state index contributed by atoms with van der Waals surface area (Å²) < 4.78 is 10.5.